The molecular weight excluding hydrogens is 288 g/mol. The van der Waals surface area contributed by atoms with E-state index in [9.17, 15) is 5.11 Å². The first kappa shape index (κ1) is 18.6. The minimum Gasteiger partial charge on any atom is -0.392 e. The summed E-state index contributed by atoms with van der Waals surface area (Å²) in [7, 11) is 0. The van der Waals surface area contributed by atoms with E-state index in [0.717, 1.165) is 24.7 Å². The lowest BCUT2D eigenvalue weighted by molar-refractivity contribution is 0.135. The molecule has 0 bridgehead atoms. The zero-order chi connectivity index (χ0) is 13.5. The summed E-state index contributed by atoms with van der Waals surface area (Å²) in [5.41, 5.74) is 0. The molecule has 1 N–H and O–H groups in total. The summed E-state index contributed by atoms with van der Waals surface area (Å²) in [6.45, 7) is 0. The number of hydrogen-bond acceptors (Lipinski definition) is 2. The number of thiol groups is 1. The van der Waals surface area contributed by atoms with Gasteiger partial charge in [-0.2, -0.15) is 12.6 Å². The molecule has 0 radical (unpaired) electrons. The van der Waals surface area contributed by atoms with Crippen molar-refractivity contribution >= 4 is 25.0 Å². The van der Waals surface area contributed by atoms with Crippen molar-refractivity contribution < 1.29 is 5.11 Å². The lowest BCUT2D eigenvalue weighted by atomic mass is 9.83. The van der Waals surface area contributed by atoms with E-state index in [0.29, 0.717) is 0 Å². The van der Waals surface area contributed by atoms with E-state index in [4.69, 9.17) is 0 Å². The Morgan fingerprint density at radius 3 is 1.90 bits per heavy atom. The Morgan fingerprint density at radius 2 is 1.35 bits per heavy atom. The van der Waals surface area contributed by atoms with Gasteiger partial charge in [-0.1, -0.05) is 64.2 Å². The van der Waals surface area contributed by atoms with Crippen molar-refractivity contribution in [1.82, 2.24) is 0 Å². The van der Waals surface area contributed by atoms with Crippen LogP contribution in [0.1, 0.15) is 83.5 Å². The highest BCUT2D eigenvalue weighted by atomic mass is 35.5. The molecule has 2 fully saturated rings. The molecule has 0 aromatic heterocycles. The molecule has 120 valence electrons. The fourth-order valence-electron chi connectivity index (χ4n) is 4.00. The molecule has 2 rings (SSSR count). The molecule has 1 nitrogen and oxygen atoms in total. The van der Waals surface area contributed by atoms with E-state index < -0.39 is 0 Å². The standard InChI is InChI=1S/C17H32OS.ClH/c18-16(12-11-14-7-3-1-4-8-14)17(19)13-15-9-5-2-6-10-15;/h14-19H,1-13H2;1H. The van der Waals surface area contributed by atoms with Gasteiger partial charge in [0, 0.05) is 5.25 Å². The molecular formula is C17H33ClOS. The molecule has 3 heteroatoms. The first-order valence-corrected chi connectivity index (χ1v) is 9.13. The van der Waals surface area contributed by atoms with Crippen LogP contribution in [0.25, 0.3) is 0 Å². The van der Waals surface area contributed by atoms with Crippen molar-refractivity contribution in [1.29, 1.82) is 0 Å². The summed E-state index contributed by atoms with van der Waals surface area (Å²) < 4.78 is 0. The average molecular weight is 321 g/mol. The van der Waals surface area contributed by atoms with Crippen LogP contribution in [0.15, 0.2) is 0 Å². The van der Waals surface area contributed by atoms with Crippen LogP contribution in [0, 0.1) is 11.8 Å². The summed E-state index contributed by atoms with van der Waals surface area (Å²) in [5.74, 6) is 1.72. The molecule has 2 atom stereocenters. The van der Waals surface area contributed by atoms with E-state index in [-0.39, 0.29) is 23.8 Å². The summed E-state index contributed by atoms with van der Waals surface area (Å²) in [5, 5.41) is 10.5. The third-order valence-corrected chi connectivity index (χ3v) is 5.89. The average Bonchev–Trinajstić information content (AvgIpc) is 2.47. The van der Waals surface area contributed by atoms with Crippen molar-refractivity contribution in [2.24, 2.45) is 11.8 Å². The predicted octanol–water partition coefficient (Wildman–Crippen LogP) is 5.40. The highest BCUT2D eigenvalue weighted by molar-refractivity contribution is 7.81. The predicted molar refractivity (Wildman–Crippen MR) is 93.0 cm³/mol. The van der Waals surface area contributed by atoms with Crippen molar-refractivity contribution in [3.63, 3.8) is 0 Å². The second kappa shape index (κ2) is 10.3. The highest BCUT2D eigenvalue weighted by Gasteiger charge is 2.23. The van der Waals surface area contributed by atoms with Gasteiger partial charge in [0.1, 0.15) is 0 Å². The van der Waals surface area contributed by atoms with E-state index in [1.165, 1.54) is 70.6 Å². The quantitative estimate of drug-likeness (QED) is 0.628. The molecule has 2 saturated carbocycles. The summed E-state index contributed by atoms with van der Waals surface area (Å²) in [6.07, 6.45) is 17.1. The van der Waals surface area contributed by atoms with Crippen LogP contribution in [0.3, 0.4) is 0 Å². The second-order valence-electron chi connectivity index (χ2n) is 6.96. The Bertz CT molecular complexity index is 237. The van der Waals surface area contributed by atoms with Crippen LogP contribution in [0.5, 0.6) is 0 Å². The van der Waals surface area contributed by atoms with Crippen molar-refractivity contribution in [2.45, 2.75) is 94.8 Å². The van der Waals surface area contributed by atoms with Gasteiger partial charge in [-0.3, -0.25) is 0 Å². The molecule has 0 spiro atoms. The van der Waals surface area contributed by atoms with E-state index >= 15 is 0 Å². The van der Waals surface area contributed by atoms with Crippen LogP contribution < -0.4 is 0 Å². The number of halogens is 1. The number of hydrogen-bond donors (Lipinski definition) is 2. The molecule has 0 amide bonds. The largest absolute Gasteiger partial charge is 0.392 e. The van der Waals surface area contributed by atoms with Crippen LogP contribution >= 0.6 is 25.0 Å². The molecule has 0 aliphatic heterocycles. The Morgan fingerprint density at radius 1 is 0.850 bits per heavy atom. The first-order chi connectivity index (χ1) is 9.25. The molecule has 2 aliphatic rings. The maximum Gasteiger partial charge on any atom is 0.0656 e. The van der Waals surface area contributed by atoms with Gasteiger partial charge in [0.25, 0.3) is 0 Å². The Kier molecular flexibility index (Phi) is 9.65. The Labute approximate surface area is 137 Å². The second-order valence-corrected chi connectivity index (χ2v) is 7.62. The number of aliphatic hydroxyl groups excluding tert-OH is 1. The van der Waals surface area contributed by atoms with Crippen LogP contribution in [0.2, 0.25) is 0 Å². The SMILES string of the molecule is Cl.OC(CCC1CCCCC1)C(S)CC1CCCCC1. The van der Waals surface area contributed by atoms with Gasteiger partial charge in [-0.05, 0) is 31.1 Å². The third kappa shape index (κ3) is 6.58. The van der Waals surface area contributed by atoms with Gasteiger partial charge in [-0.25, -0.2) is 0 Å². The minimum atomic E-state index is -0.174. The van der Waals surface area contributed by atoms with Gasteiger partial charge in [0.05, 0.1) is 6.10 Å². The lowest BCUT2D eigenvalue weighted by Gasteiger charge is -2.28. The molecule has 2 unspecified atom stereocenters. The van der Waals surface area contributed by atoms with E-state index in [2.05, 4.69) is 12.6 Å². The maximum atomic E-state index is 10.3. The third-order valence-electron chi connectivity index (χ3n) is 5.34. The smallest absolute Gasteiger partial charge is 0.0656 e. The normalized spacial score (nSPS) is 24.9. The van der Waals surface area contributed by atoms with Gasteiger partial charge < -0.3 is 5.11 Å². The summed E-state index contributed by atoms with van der Waals surface area (Å²) >= 11 is 4.68. The van der Waals surface area contributed by atoms with Crippen LogP contribution in [-0.4, -0.2) is 16.5 Å². The summed E-state index contributed by atoms with van der Waals surface area (Å²) in [6, 6.07) is 0. The molecule has 0 heterocycles. The van der Waals surface area contributed by atoms with Crippen molar-refractivity contribution in [3.05, 3.63) is 0 Å². The minimum absolute atomic E-state index is 0. The molecule has 0 aromatic carbocycles. The maximum absolute atomic E-state index is 10.3. The monoisotopic (exact) mass is 320 g/mol. The topological polar surface area (TPSA) is 20.2 Å². The Hall–Kier alpha value is 0.600. The highest BCUT2D eigenvalue weighted by Crippen LogP contribution is 2.32. The molecule has 20 heavy (non-hydrogen) atoms. The molecule has 0 aromatic rings. The van der Waals surface area contributed by atoms with E-state index in [1.54, 1.807) is 0 Å². The molecule has 0 saturated heterocycles. The van der Waals surface area contributed by atoms with Crippen molar-refractivity contribution in [3.8, 4) is 0 Å². The van der Waals surface area contributed by atoms with Gasteiger partial charge >= 0.3 is 0 Å². The van der Waals surface area contributed by atoms with Crippen LogP contribution in [0.4, 0.5) is 0 Å². The zero-order valence-electron chi connectivity index (χ0n) is 12.8. The van der Waals surface area contributed by atoms with Gasteiger partial charge in [0.15, 0.2) is 0 Å². The lowest BCUT2D eigenvalue weighted by Crippen LogP contribution is -2.25. The first-order valence-electron chi connectivity index (χ1n) is 8.62. The Balaban J connectivity index is 0.00000200. The van der Waals surface area contributed by atoms with Crippen LogP contribution in [-0.2, 0) is 0 Å². The number of aliphatic hydroxyl groups is 1. The molecule has 2 aliphatic carbocycles. The number of rotatable bonds is 6. The van der Waals surface area contributed by atoms with E-state index in [1.807, 2.05) is 0 Å². The summed E-state index contributed by atoms with van der Waals surface area (Å²) in [4.78, 5) is 0. The fraction of sp³-hybridized carbons (Fsp3) is 1.00. The zero-order valence-corrected chi connectivity index (χ0v) is 14.5. The fourth-order valence-corrected chi connectivity index (χ4v) is 4.44. The van der Waals surface area contributed by atoms with Crippen molar-refractivity contribution in [2.75, 3.05) is 0 Å². The van der Waals surface area contributed by atoms with Gasteiger partial charge in [-0.15, -0.1) is 12.4 Å². The van der Waals surface area contributed by atoms with Gasteiger partial charge in [0.2, 0.25) is 0 Å².